The fourth-order valence-corrected chi connectivity index (χ4v) is 3.46. The molecular weight excluding hydrogens is 394 g/mol. The summed E-state index contributed by atoms with van der Waals surface area (Å²) in [4.78, 5) is 26.7. The van der Waals surface area contributed by atoms with Gasteiger partial charge in [-0.15, -0.1) is 0 Å². The second kappa shape index (κ2) is 8.96. The molecule has 136 valence electrons. The summed E-state index contributed by atoms with van der Waals surface area (Å²) in [6.45, 7) is 2.37. The predicted octanol–water partition coefficient (Wildman–Crippen LogP) is 2.46. The van der Waals surface area contributed by atoms with Crippen molar-refractivity contribution in [1.82, 2.24) is 15.5 Å². The highest BCUT2D eigenvalue weighted by Crippen LogP contribution is 2.15. The van der Waals surface area contributed by atoms with E-state index in [4.69, 9.17) is 0 Å². The first-order valence-corrected chi connectivity index (χ1v) is 9.48. The van der Waals surface area contributed by atoms with Crippen LogP contribution in [0.5, 0.6) is 0 Å². The van der Waals surface area contributed by atoms with Crippen LogP contribution in [0.2, 0.25) is 0 Å². The van der Waals surface area contributed by atoms with E-state index >= 15 is 0 Å². The monoisotopic (exact) mass is 415 g/mol. The summed E-state index contributed by atoms with van der Waals surface area (Å²) < 4.78 is 0.995. The Balaban J connectivity index is 1.53. The molecule has 26 heavy (non-hydrogen) atoms. The second-order valence-corrected chi connectivity index (χ2v) is 7.28. The van der Waals surface area contributed by atoms with Gasteiger partial charge in [0, 0.05) is 30.7 Å². The van der Waals surface area contributed by atoms with E-state index in [0.717, 1.165) is 15.6 Å². The molecule has 1 aliphatic rings. The third-order valence-electron chi connectivity index (χ3n) is 4.37. The molecule has 0 aromatic heterocycles. The van der Waals surface area contributed by atoms with Gasteiger partial charge in [0.1, 0.15) is 0 Å². The minimum absolute atomic E-state index is 0.0221. The highest BCUT2D eigenvalue weighted by molar-refractivity contribution is 9.10. The maximum atomic E-state index is 12.7. The summed E-state index contributed by atoms with van der Waals surface area (Å²) in [5, 5.41) is 6.05. The SMILES string of the molecule is O=C(CC1NCCN(Cc2cccc(Br)c2)C1=O)NCc1ccccc1. The third kappa shape index (κ3) is 5.16. The van der Waals surface area contributed by atoms with E-state index in [2.05, 4.69) is 26.6 Å². The lowest BCUT2D eigenvalue weighted by Crippen LogP contribution is -2.55. The normalized spacial score (nSPS) is 17.2. The maximum absolute atomic E-state index is 12.7. The van der Waals surface area contributed by atoms with Gasteiger partial charge >= 0.3 is 0 Å². The summed E-state index contributed by atoms with van der Waals surface area (Å²) in [6, 6.07) is 17.2. The van der Waals surface area contributed by atoms with E-state index in [1.807, 2.05) is 59.5 Å². The number of carbonyl (C=O) groups excluding carboxylic acids is 2. The molecule has 2 amide bonds. The van der Waals surface area contributed by atoms with Crippen LogP contribution in [0, 0.1) is 0 Å². The molecule has 3 rings (SSSR count). The van der Waals surface area contributed by atoms with Gasteiger partial charge in [-0.1, -0.05) is 58.4 Å². The molecule has 2 aromatic rings. The van der Waals surface area contributed by atoms with Crippen molar-refractivity contribution < 1.29 is 9.59 Å². The number of nitrogens with one attached hydrogen (secondary N) is 2. The van der Waals surface area contributed by atoms with E-state index in [0.29, 0.717) is 26.2 Å². The molecule has 0 saturated carbocycles. The van der Waals surface area contributed by atoms with Gasteiger partial charge in [0.25, 0.3) is 0 Å². The summed E-state index contributed by atoms with van der Waals surface area (Å²) in [5.41, 5.74) is 2.11. The Morgan fingerprint density at radius 2 is 1.92 bits per heavy atom. The first-order valence-electron chi connectivity index (χ1n) is 8.69. The summed E-state index contributed by atoms with van der Waals surface area (Å²) >= 11 is 3.45. The number of hydrogen-bond acceptors (Lipinski definition) is 3. The van der Waals surface area contributed by atoms with Crippen LogP contribution in [0.1, 0.15) is 17.5 Å². The van der Waals surface area contributed by atoms with Crippen molar-refractivity contribution in [2.24, 2.45) is 0 Å². The number of carbonyl (C=O) groups is 2. The van der Waals surface area contributed by atoms with Crippen molar-refractivity contribution in [3.63, 3.8) is 0 Å². The molecule has 1 atom stereocenters. The van der Waals surface area contributed by atoms with Crippen LogP contribution in [0.4, 0.5) is 0 Å². The van der Waals surface area contributed by atoms with E-state index in [-0.39, 0.29) is 18.2 Å². The number of amides is 2. The maximum Gasteiger partial charge on any atom is 0.240 e. The molecule has 1 unspecified atom stereocenters. The first kappa shape index (κ1) is 18.6. The van der Waals surface area contributed by atoms with Gasteiger partial charge in [-0.25, -0.2) is 0 Å². The molecule has 0 spiro atoms. The molecule has 5 nitrogen and oxygen atoms in total. The van der Waals surface area contributed by atoms with Crippen LogP contribution in [-0.2, 0) is 22.7 Å². The van der Waals surface area contributed by atoms with E-state index in [9.17, 15) is 9.59 Å². The van der Waals surface area contributed by atoms with Crippen molar-refractivity contribution in [2.45, 2.75) is 25.6 Å². The fraction of sp³-hybridized carbons (Fsp3) is 0.300. The van der Waals surface area contributed by atoms with Crippen LogP contribution in [0.3, 0.4) is 0 Å². The molecule has 2 aromatic carbocycles. The number of hydrogen-bond donors (Lipinski definition) is 2. The number of benzene rings is 2. The van der Waals surface area contributed by atoms with Crippen molar-refractivity contribution in [3.05, 3.63) is 70.2 Å². The van der Waals surface area contributed by atoms with Crippen molar-refractivity contribution in [2.75, 3.05) is 13.1 Å². The predicted molar refractivity (Wildman–Crippen MR) is 104 cm³/mol. The Kier molecular flexibility index (Phi) is 6.41. The highest BCUT2D eigenvalue weighted by atomic mass is 79.9. The molecule has 1 fully saturated rings. The van der Waals surface area contributed by atoms with Gasteiger partial charge in [0.2, 0.25) is 11.8 Å². The minimum Gasteiger partial charge on any atom is -0.352 e. The lowest BCUT2D eigenvalue weighted by Gasteiger charge is -2.33. The molecule has 0 aliphatic carbocycles. The average Bonchev–Trinajstić information content (AvgIpc) is 2.64. The van der Waals surface area contributed by atoms with Crippen LogP contribution in [0.15, 0.2) is 59.1 Å². The number of rotatable bonds is 6. The van der Waals surface area contributed by atoms with E-state index in [1.165, 1.54) is 0 Å². The molecule has 2 N–H and O–H groups in total. The van der Waals surface area contributed by atoms with Gasteiger partial charge in [0.05, 0.1) is 12.5 Å². The van der Waals surface area contributed by atoms with Gasteiger partial charge in [0.15, 0.2) is 0 Å². The van der Waals surface area contributed by atoms with Crippen molar-refractivity contribution in [1.29, 1.82) is 0 Å². The van der Waals surface area contributed by atoms with E-state index < -0.39 is 6.04 Å². The number of piperazine rings is 1. The molecule has 0 bridgehead atoms. The second-order valence-electron chi connectivity index (χ2n) is 6.36. The molecule has 1 heterocycles. The minimum atomic E-state index is -0.466. The molecule has 0 radical (unpaired) electrons. The summed E-state index contributed by atoms with van der Waals surface area (Å²) in [7, 11) is 0. The zero-order valence-electron chi connectivity index (χ0n) is 14.5. The average molecular weight is 416 g/mol. The number of halogens is 1. The van der Waals surface area contributed by atoms with Crippen molar-refractivity contribution in [3.8, 4) is 0 Å². The Morgan fingerprint density at radius 1 is 1.15 bits per heavy atom. The zero-order chi connectivity index (χ0) is 18.4. The van der Waals surface area contributed by atoms with Gasteiger partial charge in [-0.2, -0.15) is 0 Å². The van der Waals surface area contributed by atoms with Gasteiger partial charge < -0.3 is 15.5 Å². The summed E-state index contributed by atoms with van der Waals surface area (Å²) in [6.07, 6.45) is 0.153. The van der Waals surface area contributed by atoms with Crippen LogP contribution < -0.4 is 10.6 Å². The zero-order valence-corrected chi connectivity index (χ0v) is 16.0. The Labute approximate surface area is 161 Å². The van der Waals surface area contributed by atoms with Crippen LogP contribution in [-0.4, -0.2) is 35.8 Å². The molecular formula is C20H22BrN3O2. The lowest BCUT2D eigenvalue weighted by atomic mass is 10.1. The van der Waals surface area contributed by atoms with Gasteiger partial charge in [-0.3, -0.25) is 9.59 Å². The smallest absolute Gasteiger partial charge is 0.240 e. The standard InChI is InChI=1S/C20H22BrN3O2/c21-17-8-4-7-16(11-17)14-24-10-9-22-18(20(24)26)12-19(25)23-13-15-5-2-1-3-6-15/h1-8,11,18,22H,9-10,12-14H2,(H,23,25). The molecule has 1 aliphatic heterocycles. The van der Waals surface area contributed by atoms with Crippen molar-refractivity contribution >= 4 is 27.7 Å². The van der Waals surface area contributed by atoms with Crippen LogP contribution in [0.25, 0.3) is 0 Å². The largest absolute Gasteiger partial charge is 0.352 e. The fourth-order valence-electron chi connectivity index (χ4n) is 3.02. The molecule has 6 heteroatoms. The number of nitrogens with zero attached hydrogens (tertiary/aromatic N) is 1. The Morgan fingerprint density at radius 3 is 2.69 bits per heavy atom. The lowest BCUT2D eigenvalue weighted by molar-refractivity contribution is -0.138. The van der Waals surface area contributed by atoms with Gasteiger partial charge in [-0.05, 0) is 23.3 Å². The quantitative estimate of drug-likeness (QED) is 0.761. The highest BCUT2D eigenvalue weighted by Gasteiger charge is 2.29. The van der Waals surface area contributed by atoms with Crippen LogP contribution >= 0.6 is 15.9 Å². The topological polar surface area (TPSA) is 61.4 Å². The first-order chi connectivity index (χ1) is 12.6. The summed E-state index contributed by atoms with van der Waals surface area (Å²) in [5.74, 6) is -0.143. The Hall–Kier alpha value is -2.18. The third-order valence-corrected chi connectivity index (χ3v) is 4.86. The van der Waals surface area contributed by atoms with E-state index in [1.54, 1.807) is 0 Å². The Bertz CT molecular complexity index is 767. The molecule has 1 saturated heterocycles.